The summed E-state index contributed by atoms with van der Waals surface area (Å²) >= 11 is 0. The van der Waals surface area contributed by atoms with Gasteiger partial charge in [-0.3, -0.25) is 0 Å². The minimum absolute atomic E-state index is 0.253. The largest absolute Gasteiger partial charge is 0.490 e. The van der Waals surface area contributed by atoms with E-state index < -0.39 is 0 Å². The van der Waals surface area contributed by atoms with Crippen LogP contribution in [0.3, 0.4) is 0 Å². The first-order valence-electron chi connectivity index (χ1n) is 7.51. The monoisotopic (exact) mass is 297 g/mol. The second kappa shape index (κ2) is 8.35. The third-order valence-corrected chi connectivity index (χ3v) is 3.39. The van der Waals surface area contributed by atoms with Crippen molar-refractivity contribution in [3.63, 3.8) is 0 Å². The van der Waals surface area contributed by atoms with Gasteiger partial charge in [-0.1, -0.05) is 19.9 Å². The van der Waals surface area contributed by atoms with Crippen LogP contribution in [0.5, 0.6) is 5.75 Å². The van der Waals surface area contributed by atoms with Crippen LogP contribution >= 0.6 is 0 Å². The molecule has 4 heteroatoms. The summed E-state index contributed by atoms with van der Waals surface area (Å²) in [6.07, 6.45) is 0.709. The standard InChI is InChI=1S/C17H28FNO2/c1-13(2)11-19-12-14-6-7-16(15(18)10-14)21-9-8-17(3,4)20-5/h6-7,10,13,19H,8-9,11-12H2,1-5H3. The minimum Gasteiger partial charge on any atom is -0.490 e. The van der Waals surface area contributed by atoms with Gasteiger partial charge < -0.3 is 14.8 Å². The van der Waals surface area contributed by atoms with Crippen molar-refractivity contribution in [1.29, 1.82) is 0 Å². The van der Waals surface area contributed by atoms with E-state index in [1.165, 1.54) is 6.07 Å². The summed E-state index contributed by atoms with van der Waals surface area (Å²) in [5.41, 5.74) is 0.676. The predicted molar refractivity (Wildman–Crippen MR) is 84.1 cm³/mol. The van der Waals surface area contributed by atoms with Crippen molar-refractivity contribution >= 4 is 0 Å². The van der Waals surface area contributed by atoms with E-state index in [0.717, 1.165) is 12.1 Å². The highest BCUT2D eigenvalue weighted by Gasteiger charge is 2.16. The summed E-state index contributed by atoms with van der Waals surface area (Å²) in [5.74, 6) is 0.574. The lowest BCUT2D eigenvalue weighted by Crippen LogP contribution is -2.25. The van der Waals surface area contributed by atoms with Crippen molar-refractivity contribution in [2.45, 2.75) is 46.3 Å². The number of halogens is 1. The first-order chi connectivity index (χ1) is 9.84. The van der Waals surface area contributed by atoms with Gasteiger partial charge in [0.2, 0.25) is 0 Å². The van der Waals surface area contributed by atoms with E-state index in [2.05, 4.69) is 19.2 Å². The molecule has 3 nitrogen and oxygen atoms in total. The minimum atomic E-state index is -0.311. The summed E-state index contributed by atoms with van der Waals surface area (Å²) in [4.78, 5) is 0. The van der Waals surface area contributed by atoms with Crippen LogP contribution in [0.15, 0.2) is 18.2 Å². The Balaban J connectivity index is 2.47. The first kappa shape index (κ1) is 17.9. The summed E-state index contributed by atoms with van der Waals surface area (Å²) in [7, 11) is 1.67. The van der Waals surface area contributed by atoms with Crippen LogP contribution in [0.4, 0.5) is 4.39 Å². The van der Waals surface area contributed by atoms with Gasteiger partial charge in [0, 0.05) is 20.1 Å². The maximum Gasteiger partial charge on any atom is 0.165 e. The molecule has 0 radical (unpaired) electrons. The topological polar surface area (TPSA) is 30.5 Å². The quantitative estimate of drug-likeness (QED) is 0.752. The van der Waals surface area contributed by atoms with Gasteiger partial charge >= 0.3 is 0 Å². The highest BCUT2D eigenvalue weighted by molar-refractivity contribution is 5.29. The van der Waals surface area contributed by atoms with Crippen LogP contribution in [-0.4, -0.2) is 25.9 Å². The Morgan fingerprint density at radius 2 is 2.00 bits per heavy atom. The van der Waals surface area contributed by atoms with Crippen LogP contribution in [0.25, 0.3) is 0 Å². The number of ether oxygens (including phenoxy) is 2. The Hall–Kier alpha value is -1.13. The van der Waals surface area contributed by atoms with Gasteiger partial charge in [-0.25, -0.2) is 4.39 Å². The number of rotatable bonds is 9. The molecule has 0 unspecified atom stereocenters. The average molecular weight is 297 g/mol. The number of methoxy groups -OCH3 is 1. The summed E-state index contributed by atoms with van der Waals surface area (Å²) in [6.45, 7) is 10.3. The van der Waals surface area contributed by atoms with E-state index in [4.69, 9.17) is 9.47 Å². The molecule has 0 aliphatic rings. The predicted octanol–water partition coefficient (Wildman–Crippen LogP) is 3.77. The SMILES string of the molecule is COC(C)(C)CCOc1ccc(CNCC(C)C)cc1F. The Morgan fingerprint density at radius 3 is 2.57 bits per heavy atom. The highest BCUT2D eigenvalue weighted by Crippen LogP contribution is 2.20. The molecule has 0 amide bonds. The van der Waals surface area contributed by atoms with E-state index in [9.17, 15) is 4.39 Å². The van der Waals surface area contributed by atoms with Crippen LogP contribution in [-0.2, 0) is 11.3 Å². The molecule has 0 aliphatic heterocycles. The molecule has 0 bridgehead atoms. The van der Waals surface area contributed by atoms with Crippen molar-refractivity contribution in [2.24, 2.45) is 5.92 Å². The molecule has 21 heavy (non-hydrogen) atoms. The van der Waals surface area contributed by atoms with Crippen LogP contribution in [0.2, 0.25) is 0 Å². The van der Waals surface area contributed by atoms with Crippen molar-refractivity contribution in [3.8, 4) is 5.75 Å². The zero-order valence-corrected chi connectivity index (χ0v) is 13.8. The van der Waals surface area contributed by atoms with Crippen LogP contribution < -0.4 is 10.1 Å². The zero-order valence-electron chi connectivity index (χ0n) is 13.8. The van der Waals surface area contributed by atoms with E-state index >= 15 is 0 Å². The fourth-order valence-electron chi connectivity index (χ4n) is 1.79. The molecule has 1 aromatic carbocycles. The van der Waals surface area contributed by atoms with Gasteiger partial charge in [0.1, 0.15) is 0 Å². The third-order valence-electron chi connectivity index (χ3n) is 3.39. The Kier molecular flexibility index (Phi) is 7.12. The van der Waals surface area contributed by atoms with E-state index in [1.807, 2.05) is 19.9 Å². The molecule has 1 aromatic rings. The Bertz CT molecular complexity index is 433. The molecule has 0 heterocycles. The summed E-state index contributed by atoms with van der Waals surface area (Å²) < 4.78 is 24.8. The first-order valence-corrected chi connectivity index (χ1v) is 7.51. The number of hydrogen-bond donors (Lipinski definition) is 1. The molecule has 0 atom stereocenters. The molecule has 0 saturated heterocycles. The zero-order chi connectivity index (χ0) is 15.9. The Morgan fingerprint density at radius 1 is 1.29 bits per heavy atom. The smallest absolute Gasteiger partial charge is 0.165 e. The number of hydrogen-bond acceptors (Lipinski definition) is 3. The molecule has 0 spiro atoms. The van der Waals surface area contributed by atoms with Crippen molar-refractivity contribution in [1.82, 2.24) is 5.32 Å². The van der Waals surface area contributed by atoms with Gasteiger partial charge in [-0.15, -0.1) is 0 Å². The van der Waals surface area contributed by atoms with Crippen LogP contribution in [0, 0.1) is 11.7 Å². The van der Waals surface area contributed by atoms with Gasteiger partial charge in [0.25, 0.3) is 0 Å². The number of benzene rings is 1. The highest BCUT2D eigenvalue weighted by atomic mass is 19.1. The molecule has 1 N–H and O–H groups in total. The fourth-order valence-corrected chi connectivity index (χ4v) is 1.79. The second-order valence-electron chi connectivity index (χ2n) is 6.35. The third kappa shape index (κ3) is 6.91. The lowest BCUT2D eigenvalue weighted by Gasteiger charge is -2.22. The normalized spacial score (nSPS) is 12.0. The summed E-state index contributed by atoms with van der Waals surface area (Å²) in [6, 6.07) is 5.12. The average Bonchev–Trinajstić information content (AvgIpc) is 2.40. The maximum atomic E-state index is 14.0. The summed E-state index contributed by atoms with van der Waals surface area (Å²) in [5, 5.41) is 3.29. The molecular weight excluding hydrogens is 269 g/mol. The lowest BCUT2D eigenvalue weighted by atomic mass is 10.1. The molecular formula is C17H28FNO2. The fraction of sp³-hybridized carbons (Fsp3) is 0.647. The van der Waals surface area contributed by atoms with Gasteiger partial charge in [0.15, 0.2) is 11.6 Å². The van der Waals surface area contributed by atoms with E-state index in [-0.39, 0.29) is 11.4 Å². The Labute approximate surface area is 127 Å². The second-order valence-corrected chi connectivity index (χ2v) is 6.35. The number of nitrogens with one attached hydrogen (secondary N) is 1. The van der Waals surface area contributed by atoms with Gasteiger partial charge in [0.05, 0.1) is 12.2 Å². The maximum absolute atomic E-state index is 14.0. The van der Waals surface area contributed by atoms with Crippen molar-refractivity contribution in [3.05, 3.63) is 29.6 Å². The molecule has 1 rings (SSSR count). The van der Waals surface area contributed by atoms with Gasteiger partial charge in [-0.2, -0.15) is 0 Å². The van der Waals surface area contributed by atoms with E-state index in [1.54, 1.807) is 13.2 Å². The van der Waals surface area contributed by atoms with Crippen molar-refractivity contribution < 1.29 is 13.9 Å². The van der Waals surface area contributed by atoms with Crippen LogP contribution in [0.1, 0.15) is 39.7 Å². The molecule has 0 fully saturated rings. The molecule has 0 aliphatic carbocycles. The molecule has 120 valence electrons. The van der Waals surface area contributed by atoms with Gasteiger partial charge in [-0.05, 0) is 44.0 Å². The van der Waals surface area contributed by atoms with E-state index in [0.29, 0.717) is 31.2 Å². The van der Waals surface area contributed by atoms with Crippen molar-refractivity contribution in [2.75, 3.05) is 20.3 Å². The molecule has 0 aromatic heterocycles. The lowest BCUT2D eigenvalue weighted by molar-refractivity contribution is 0.00513. The molecule has 0 saturated carbocycles.